The summed E-state index contributed by atoms with van der Waals surface area (Å²) in [7, 11) is 0. The lowest BCUT2D eigenvalue weighted by molar-refractivity contribution is -0.216. The third-order valence-corrected chi connectivity index (χ3v) is 6.65. The summed E-state index contributed by atoms with van der Waals surface area (Å²) in [5, 5.41) is 22.6. The Morgan fingerprint density at radius 1 is 1.07 bits per heavy atom. The molecular formula is C29H40N2O11. The number of ether oxygens (including phenoxy) is 5. The topological polar surface area (TPSA) is 170 Å². The highest BCUT2D eigenvalue weighted by Gasteiger charge is 2.35. The summed E-state index contributed by atoms with van der Waals surface area (Å²) in [5.41, 5.74) is 1.67. The van der Waals surface area contributed by atoms with E-state index in [0.717, 1.165) is 16.9 Å². The van der Waals surface area contributed by atoms with E-state index in [4.69, 9.17) is 23.7 Å². The average Bonchev–Trinajstić information content (AvgIpc) is 3.27. The zero-order valence-corrected chi connectivity index (χ0v) is 24.0. The van der Waals surface area contributed by atoms with Crippen LogP contribution in [0.25, 0.3) is 0 Å². The molecule has 0 saturated carbocycles. The third kappa shape index (κ3) is 10.8. The molecule has 0 spiro atoms. The first-order valence-corrected chi connectivity index (χ1v) is 14.0. The normalized spacial score (nSPS) is 22.0. The standard InChI is InChI=1S/C29H40N2O11/c1-19-29(37)23(33)17-28(41-19)42-24-6-5-21(16-22(24)18-40-20(2)32)4-3-12-38-14-15-39-13-10-30-25(34)9-11-31-26(35)7-8-27(31)36/h5-8,16,19,23,28-29,33,37H,3-4,9-15,17-18H2,1-2H3,(H,30,34)/t19?,23?,28?,29-/m1/s1. The van der Waals surface area contributed by atoms with Crippen molar-refractivity contribution < 1.29 is 53.1 Å². The number of nitrogens with one attached hydrogen (secondary N) is 1. The van der Waals surface area contributed by atoms with Gasteiger partial charge < -0.3 is 39.2 Å². The van der Waals surface area contributed by atoms with Crippen LogP contribution in [-0.4, -0.2) is 103 Å². The molecule has 3 unspecified atom stereocenters. The number of benzene rings is 1. The van der Waals surface area contributed by atoms with Gasteiger partial charge in [0.1, 0.15) is 18.5 Å². The predicted octanol–water partition coefficient (Wildman–Crippen LogP) is 0.382. The minimum Gasteiger partial charge on any atom is -0.464 e. The van der Waals surface area contributed by atoms with E-state index in [0.29, 0.717) is 50.7 Å². The molecule has 1 aromatic rings. The van der Waals surface area contributed by atoms with Crippen LogP contribution in [0.1, 0.15) is 44.2 Å². The van der Waals surface area contributed by atoms with Gasteiger partial charge in [-0.25, -0.2) is 0 Å². The molecule has 0 aromatic heterocycles. The maximum Gasteiger partial charge on any atom is 0.302 e. The van der Waals surface area contributed by atoms with Crippen LogP contribution in [0.3, 0.4) is 0 Å². The maximum atomic E-state index is 11.9. The summed E-state index contributed by atoms with van der Waals surface area (Å²) in [5.74, 6) is -1.04. The second kappa shape index (κ2) is 16.9. The van der Waals surface area contributed by atoms with E-state index < -0.39 is 42.4 Å². The van der Waals surface area contributed by atoms with Gasteiger partial charge in [-0.05, 0) is 37.5 Å². The van der Waals surface area contributed by atoms with Crippen molar-refractivity contribution in [2.75, 3.05) is 39.5 Å². The zero-order valence-electron chi connectivity index (χ0n) is 24.0. The van der Waals surface area contributed by atoms with E-state index in [-0.39, 0.29) is 31.9 Å². The summed E-state index contributed by atoms with van der Waals surface area (Å²) in [6.45, 7) is 4.94. The Hall–Kier alpha value is -3.36. The number of amides is 3. The zero-order chi connectivity index (χ0) is 30.5. The summed E-state index contributed by atoms with van der Waals surface area (Å²) >= 11 is 0. The molecule has 1 aromatic carbocycles. The van der Waals surface area contributed by atoms with E-state index in [9.17, 15) is 29.4 Å². The van der Waals surface area contributed by atoms with Crippen LogP contribution in [0, 0.1) is 0 Å². The molecule has 0 bridgehead atoms. The fourth-order valence-corrected chi connectivity index (χ4v) is 4.35. The first-order valence-electron chi connectivity index (χ1n) is 14.0. The van der Waals surface area contributed by atoms with Crippen molar-refractivity contribution in [2.24, 2.45) is 0 Å². The molecule has 1 saturated heterocycles. The number of aliphatic hydroxyl groups is 2. The van der Waals surface area contributed by atoms with Gasteiger partial charge >= 0.3 is 5.97 Å². The van der Waals surface area contributed by atoms with E-state index in [1.807, 2.05) is 12.1 Å². The number of aliphatic hydroxyl groups excluding tert-OH is 2. The summed E-state index contributed by atoms with van der Waals surface area (Å²) in [6.07, 6.45) is 0.698. The minimum absolute atomic E-state index is 0.0233. The van der Waals surface area contributed by atoms with Gasteiger partial charge in [0.25, 0.3) is 11.8 Å². The Morgan fingerprint density at radius 3 is 2.48 bits per heavy atom. The van der Waals surface area contributed by atoms with Gasteiger partial charge in [0, 0.05) is 57.2 Å². The number of carbonyl (C=O) groups is 4. The van der Waals surface area contributed by atoms with Crippen LogP contribution in [0.15, 0.2) is 30.4 Å². The van der Waals surface area contributed by atoms with Gasteiger partial charge in [0.15, 0.2) is 0 Å². The highest BCUT2D eigenvalue weighted by atomic mass is 16.7. The van der Waals surface area contributed by atoms with Crippen molar-refractivity contribution in [3.8, 4) is 5.75 Å². The van der Waals surface area contributed by atoms with Crippen LogP contribution >= 0.6 is 0 Å². The predicted molar refractivity (Wildman–Crippen MR) is 147 cm³/mol. The fourth-order valence-electron chi connectivity index (χ4n) is 4.35. The monoisotopic (exact) mass is 592 g/mol. The van der Waals surface area contributed by atoms with Crippen LogP contribution in [0.5, 0.6) is 5.75 Å². The van der Waals surface area contributed by atoms with Crippen molar-refractivity contribution in [3.05, 3.63) is 41.5 Å². The lowest BCUT2D eigenvalue weighted by Gasteiger charge is -2.35. The molecule has 2 aliphatic rings. The number of nitrogens with zero attached hydrogens (tertiary/aromatic N) is 1. The molecule has 3 rings (SSSR count). The SMILES string of the molecule is CC(=O)OCc1cc(CCCOCCOCCNC(=O)CCN2C(=O)C=CC2=O)ccc1OC1CC(O)[C@H](O)C(C)O1. The van der Waals surface area contributed by atoms with Gasteiger partial charge in [-0.15, -0.1) is 0 Å². The summed E-state index contributed by atoms with van der Waals surface area (Å²) in [4.78, 5) is 47.2. The molecule has 3 amide bonds. The molecule has 13 heteroatoms. The minimum atomic E-state index is -0.980. The average molecular weight is 593 g/mol. The fraction of sp³-hybridized carbons (Fsp3) is 0.586. The Kier molecular flexibility index (Phi) is 13.4. The first kappa shape index (κ1) is 33.1. The molecule has 2 aliphatic heterocycles. The maximum absolute atomic E-state index is 11.9. The van der Waals surface area contributed by atoms with Crippen molar-refractivity contribution in [1.82, 2.24) is 10.2 Å². The van der Waals surface area contributed by atoms with Crippen LogP contribution in [-0.2, 0) is 51.2 Å². The van der Waals surface area contributed by atoms with E-state index in [2.05, 4.69) is 5.32 Å². The van der Waals surface area contributed by atoms with Crippen molar-refractivity contribution in [3.63, 3.8) is 0 Å². The summed E-state index contributed by atoms with van der Waals surface area (Å²) < 4.78 is 27.8. The first-order chi connectivity index (χ1) is 20.1. The van der Waals surface area contributed by atoms with Gasteiger partial charge in [-0.2, -0.15) is 0 Å². The number of hydrogen-bond acceptors (Lipinski definition) is 11. The van der Waals surface area contributed by atoms with Gasteiger partial charge in [0.05, 0.1) is 32.0 Å². The number of carbonyl (C=O) groups excluding carboxylic acids is 4. The lowest BCUT2D eigenvalue weighted by atomic mass is 10.0. The second-order valence-corrected chi connectivity index (χ2v) is 9.99. The van der Waals surface area contributed by atoms with Gasteiger partial charge in [-0.1, -0.05) is 6.07 Å². The smallest absolute Gasteiger partial charge is 0.302 e. The molecule has 42 heavy (non-hydrogen) atoms. The Balaban J connectivity index is 1.29. The van der Waals surface area contributed by atoms with E-state index >= 15 is 0 Å². The Morgan fingerprint density at radius 2 is 1.79 bits per heavy atom. The Bertz CT molecular complexity index is 1080. The highest BCUT2D eigenvalue weighted by molar-refractivity contribution is 6.13. The third-order valence-electron chi connectivity index (χ3n) is 6.65. The molecule has 0 aliphatic carbocycles. The van der Waals surface area contributed by atoms with E-state index in [1.165, 1.54) is 19.1 Å². The number of rotatable bonds is 17. The number of aryl methyl sites for hydroxylation is 1. The van der Waals surface area contributed by atoms with Crippen LogP contribution in [0.2, 0.25) is 0 Å². The molecule has 2 heterocycles. The summed E-state index contributed by atoms with van der Waals surface area (Å²) in [6, 6.07) is 5.57. The molecule has 232 valence electrons. The highest BCUT2D eigenvalue weighted by Crippen LogP contribution is 2.28. The quantitative estimate of drug-likeness (QED) is 0.130. The van der Waals surface area contributed by atoms with Gasteiger partial charge in [-0.3, -0.25) is 24.1 Å². The number of esters is 1. The van der Waals surface area contributed by atoms with Gasteiger partial charge in [0.2, 0.25) is 12.2 Å². The molecule has 0 radical (unpaired) electrons. The molecule has 4 atom stereocenters. The van der Waals surface area contributed by atoms with Crippen LogP contribution < -0.4 is 10.1 Å². The largest absolute Gasteiger partial charge is 0.464 e. The van der Waals surface area contributed by atoms with Crippen LogP contribution in [0.4, 0.5) is 0 Å². The number of imide groups is 1. The van der Waals surface area contributed by atoms with Crippen molar-refractivity contribution >= 4 is 23.7 Å². The number of hydrogen-bond donors (Lipinski definition) is 3. The van der Waals surface area contributed by atoms with E-state index in [1.54, 1.807) is 13.0 Å². The van der Waals surface area contributed by atoms with Crippen molar-refractivity contribution in [1.29, 1.82) is 0 Å². The molecule has 13 nitrogen and oxygen atoms in total. The molecular weight excluding hydrogens is 552 g/mol. The second-order valence-electron chi connectivity index (χ2n) is 9.99. The molecule has 1 fully saturated rings. The lowest BCUT2D eigenvalue weighted by Crippen LogP contribution is -2.48. The Labute approximate surface area is 244 Å². The molecule has 3 N–H and O–H groups in total. The van der Waals surface area contributed by atoms with Crippen molar-refractivity contribution in [2.45, 2.75) is 70.7 Å².